The first-order chi connectivity index (χ1) is 12.5. The summed E-state index contributed by atoms with van der Waals surface area (Å²) < 4.78 is 5.02. The molecule has 2 aromatic rings. The van der Waals surface area contributed by atoms with E-state index in [0.29, 0.717) is 0 Å². The van der Waals surface area contributed by atoms with Gasteiger partial charge >= 0.3 is 6.09 Å². The summed E-state index contributed by atoms with van der Waals surface area (Å²) in [4.78, 5) is 25.3. The molecule has 2 unspecified atom stereocenters. The molecular weight excluding hydrogens is 342 g/mol. The SMILES string of the molecule is O=C(NCCC(O)C(O)c1ccc([N+](=O)[O-])cn1)OCc1ccccc1. The summed E-state index contributed by atoms with van der Waals surface area (Å²) in [6.45, 7) is 0.212. The zero-order chi connectivity index (χ0) is 18.9. The number of amides is 1. The Bertz CT molecular complexity index is 723. The second kappa shape index (κ2) is 9.44. The van der Waals surface area contributed by atoms with E-state index >= 15 is 0 Å². The molecule has 0 radical (unpaired) electrons. The average molecular weight is 361 g/mol. The largest absolute Gasteiger partial charge is 0.445 e. The highest BCUT2D eigenvalue weighted by Crippen LogP contribution is 2.19. The van der Waals surface area contributed by atoms with E-state index < -0.39 is 23.2 Å². The molecule has 26 heavy (non-hydrogen) atoms. The Hall–Kier alpha value is -3.04. The van der Waals surface area contributed by atoms with Crippen LogP contribution in [0.4, 0.5) is 10.5 Å². The number of aliphatic hydroxyl groups is 2. The van der Waals surface area contributed by atoms with E-state index in [-0.39, 0.29) is 31.0 Å². The number of aromatic nitrogens is 1. The lowest BCUT2D eigenvalue weighted by Crippen LogP contribution is -2.30. The molecule has 0 spiro atoms. The number of alkyl carbamates (subject to hydrolysis) is 1. The number of hydrogen-bond donors (Lipinski definition) is 3. The maximum Gasteiger partial charge on any atom is 0.407 e. The van der Waals surface area contributed by atoms with E-state index in [4.69, 9.17) is 4.74 Å². The van der Waals surface area contributed by atoms with Gasteiger partial charge in [0.2, 0.25) is 0 Å². The average Bonchev–Trinajstić information content (AvgIpc) is 2.66. The highest BCUT2D eigenvalue weighted by atomic mass is 16.6. The van der Waals surface area contributed by atoms with Crippen molar-refractivity contribution in [1.29, 1.82) is 0 Å². The summed E-state index contributed by atoms with van der Waals surface area (Å²) in [5, 5.41) is 33.0. The predicted octanol–water partition coefficient (Wildman–Crippen LogP) is 1.70. The van der Waals surface area contributed by atoms with Crippen molar-refractivity contribution in [3.05, 3.63) is 70.0 Å². The van der Waals surface area contributed by atoms with Crippen molar-refractivity contribution in [2.75, 3.05) is 6.54 Å². The minimum Gasteiger partial charge on any atom is -0.445 e. The molecule has 1 amide bonds. The van der Waals surface area contributed by atoms with Crippen molar-refractivity contribution < 1.29 is 24.7 Å². The van der Waals surface area contributed by atoms with Crippen molar-refractivity contribution in [3.63, 3.8) is 0 Å². The van der Waals surface area contributed by atoms with Gasteiger partial charge in [-0.1, -0.05) is 30.3 Å². The molecule has 1 aromatic carbocycles. The van der Waals surface area contributed by atoms with E-state index in [2.05, 4.69) is 10.3 Å². The fourth-order valence-electron chi connectivity index (χ4n) is 2.13. The highest BCUT2D eigenvalue weighted by Gasteiger charge is 2.20. The zero-order valence-electron chi connectivity index (χ0n) is 13.8. The fourth-order valence-corrected chi connectivity index (χ4v) is 2.13. The van der Waals surface area contributed by atoms with Crippen LogP contribution in [0.2, 0.25) is 0 Å². The molecule has 3 N–H and O–H groups in total. The number of benzene rings is 1. The molecule has 0 saturated heterocycles. The standard InChI is InChI=1S/C17H19N3O6/c21-15(16(22)14-7-6-13(10-19-14)20(24)25)8-9-18-17(23)26-11-12-4-2-1-3-5-12/h1-7,10,15-16,21-22H,8-9,11H2,(H,18,23). The predicted molar refractivity (Wildman–Crippen MR) is 91.1 cm³/mol. The van der Waals surface area contributed by atoms with Crippen molar-refractivity contribution in [2.24, 2.45) is 0 Å². The number of carbonyl (C=O) groups is 1. The van der Waals surface area contributed by atoms with Crippen LogP contribution in [-0.2, 0) is 11.3 Å². The first kappa shape index (κ1) is 19.3. The number of pyridine rings is 1. The minimum absolute atomic E-state index is 0.0558. The lowest BCUT2D eigenvalue weighted by molar-refractivity contribution is -0.385. The van der Waals surface area contributed by atoms with Crippen LogP contribution in [-0.4, -0.2) is 38.9 Å². The summed E-state index contributed by atoms with van der Waals surface area (Å²) in [5.41, 5.74) is 0.746. The number of nitro groups is 1. The van der Waals surface area contributed by atoms with Gasteiger partial charge in [0.05, 0.1) is 16.7 Å². The van der Waals surface area contributed by atoms with Crippen molar-refractivity contribution >= 4 is 11.8 Å². The molecule has 1 aromatic heterocycles. The van der Waals surface area contributed by atoms with Gasteiger partial charge in [-0.2, -0.15) is 0 Å². The maximum absolute atomic E-state index is 11.6. The van der Waals surface area contributed by atoms with Gasteiger partial charge in [0, 0.05) is 12.6 Å². The van der Waals surface area contributed by atoms with E-state index in [0.717, 1.165) is 11.8 Å². The lowest BCUT2D eigenvalue weighted by Gasteiger charge is -2.17. The molecule has 0 saturated carbocycles. The number of carbonyl (C=O) groups excluding carboxylic acids is 1. The number of nitrogens with one attached hydrogen (secondary N) is 1. The molecule has 0 aliphatic carbocycles. The number of ether oxygens (including phenoxy) is 1. The Balaban J connectivity index is 1.72. The number of hydrogen-bond acceptors (Lipinski definition) is 7. The quantitative estimate of drug-likeness (QED) is 0.481. The van der Waals surface area contributed by atoms with Gasteiger partial charge in [-0.25, -0.2) is 4.79 Å². The molecule has 138 valence electrons. The number of rotatable bonds is 8. The van der Waals surface area contributed by atoms with Crippen LogP contribution in [0, 0.1) is 10.1 Å². The minimum atomic E-state index is -1.32. The van der Waals surface area contributed by atoms with Crippen LogP contribution in [0.5, 0.6) is 0 Å². The molecule has 1 heterocycles. The summed E-state index contributed by atoms with van der Waals surface area (Å²) in [6, 6.07) is 11.6. The Labute approximate surface area is 149 Å². The molecule has 9 nitrogen and oxygen atoms in total. The summed E-state index contributed by atoms with van der Waals surface area (Å²) in [6.07, 6.45) is -2.09. The molecule has 0 aliphatic heterocycles. The van der Waals surface area contributed by atoms with E-state index in [1.165, 1.54) is 12.1 Å². The molecule has 9 heteroatoms. The summed E-state index contributed by atoms with van der Waals surface area (Å²) in [7, 11) is 0. The molecule has 0 aliphatic rings. The van der Waals surface area contributed by atoms with Gasteiger partial charge in [-0.05, 0) is 18.1 Å². The Morgan fingerprint density at radius 2 is 1.96 bits per heavy atom. The van der Waals surface area contributed by atoms with Gasteiger partial charge in [0.25, 0.3) is 5.69 Å². The summed E-state index contributed by atoms with van der Waals surface area (Å²) >= 11 is 0. The van der Waals surface area contributed by atoms with Crippen molar-refractivity contribution in [3.8, 4) is 0 Å². The Kier molecular flexibility index (Phi) is 7.01. The molecule has 2 rings (SSSR count). The highest BCUT2D eigenvalue weighted by molar-refractivity contribution is 5.67. The number of aliphatic hydroxyl groups excluding tert-OH is 2. The topological polar surface area (TPSA) is 135 Å². The van der Waals surface area contributed by atoms with Crippen LogP contribution in [0.15, 0.2) is 48.7 Å². The van der Waals surface area contributed by atoms with Gasteiger partial charge in [0.15, 0.2) is 0 Å². The maximum atomic E-state index is 11.6. The van der Waals surface area contributed by atoms with Gasteiger partial charge < -0.3 is 20.3 Å². The fraction of sp³-hybridized carbons (Fsp3) is 0.294. The Morgan fingerprint density at radius 1 is 1.23 bits per heavy atom. The Morgan fingerprint density at radius 3 is 2.58 bits per heavy atom. The summed E-state index contributed by atoms with van der Waals surface area (Å²) in [5.74, 6) is 0. The van der Waals surface area contributed by atoms with Gasteiger partial charge in [0.1, 0.15) is 18.9 Å². The van der Waals surface area contributed by atoms with E-state index in [9.17, 15) is 25.1 Å². The third-order valence-corrected chi connectivity index (χ3v) is 3.57. The van der Waals surface area contributed by atoms with Crippen LogP contribution < -0.4 is 5.32 Å². The van der Waals surface area contributed by atoms with Crippen LogP contribution in [0.25, 0.3) is 0 Å². The van der Waals surface area contributed by atoms with Crippen LogP contribution in [0.3, 0.4) is 0 Å². The smallest absolute Gasteiger partial charge is 0.407 e. The van der Waals surface area contributed by atoms with Gasteiger partial charge in [-0.3, -0.25) is 15.1 Å². The second-order valence-corrected chi connectivity index (χ2v) is 5.49. The zero-order valence-corrected chi connectivity index (χ0v) is 13.8. The monoisotopic (exact) mass is 361 g/mol. The van der Waals surface area contributed by atoms with E-state index in [1.807, 2.05) is 30.3 Å². The molecule has 0 bridgehead atoms. The molecular formula is C17H19N3O6. The normalized spacial score (nSPS) is 12.8. The first-order valence-electron chi connectivity index (χ1n) is 7.88. The van der Waals surface area contributed by atoms with E-state index in [1.54, 1.807) is 0 Å². The third-order valence-electron chi connectivity index (χ3n) is 3.57. The molecule has 2 atom stereocenters. The molecule has 0 fully saturated rings. The van der Waals surface area contributed by atoms with Crippen LogP contribution in [0.1, 0.15) is 23.8 Å². The first-order valence-corrected chi connectivity index (χ1v) is 7.88. The third kappa shape index (κ3) is 5.80. The van der Waals surface area contributed by atoms with Crippen LogP contribution >= 0.6 is 0 Å². The van der Waals surface area contributed by atoms with Crippen molar-refractivity contribution in [1.82, 2.24) is 10.3 Å². The second-order valence-electron chi connectivity index (χ2n) is 5.49. The number of nitrogens with zero attached hydrogens (tertiary/aromatic N) is 2. The lowest BCUT2D eigenvalue weighted by atomic mass is 10.1. The van der Waals surface area contributed by atoms with Crippen molar-refractivity contribution in [2.45, 2.75) is 25.2 Å². The van der Waals surface area contributed by atoms with Gasteiger partial charge in [-0.15, -0.1) is 0 Å².